The zero-order chi connectivity index (χ0) is 7.12. The zero-order valence-electron chi connectivity index (χ0n) is 6.08. The van der Waals surface area contributed by atoms with Crippen molar-refractivity contribution in [2.45, 2.75) is 31.7 Å². The highest BCUT2D eigenvalue weighted by Crippen LogP contribution is 2.31. The van der Waals surface area contributed by atoms with Crippen molar-refractivity contribution >= 4 is 12.4 Å². The summed E-state index contributed by atoms with van der Waals surface area (Å²) in [5.41, 5.74) is -0.372. The van der Waals surface area contributed by atoms with Crippen molar-refractivity contribution in [1.29, 1.82) is 0 Å². The average Bonchev–Trinajstić information content (AvgIpc) is 1.78. The molecule has 0 aromatic carbocycles. The van der Waals surface area contributed by atoms with Gasteiger partial charge in [-0.25, -0.2) is 8.78 Å². The van der Waals surface area contributed by atoms with Gasteiger partial charge in [0.25, 0.3) is 5.92 Å². The lowest BCUT2D eigenvalue weighted by atomic mass is 10.0. The van der Waals surface area contributed by atoms with Crippen LogP contribution in [-0.2, 0) is 0 Å². The van der Waals surface area contributed by atoms with Gasteiger partial charge in [0, 0.05) is 12.0 Å². The van der Waals surface area contributed by atoms with E-state index in [1.807, 2.05) is 0 Å². The maximum absolute atomic E-state index is 12.4. The summed E-state index contributed by atoms with van der Waals surface area (Å²) in [5.74, 6) is -2.48. The van der Waals surface area contributed by atoms with Crippen LogP contribution in [0.4, 0.5) is 8.78 Å². The maximum Gasteiger partial charge on any atom is 0.262 e. The van der Waals surface area contributed by atoms with Gasteiger partial charge in [-0.1, -0.05) is 0 Å². The second-order valence-electron chi connectivity index (χ2n) is 3.27. The molecule has 0 aliphatic carbocycles. The Bertz CT molecular complexity index is 111. The highest BCUT2D eigenvalue weighted by molar-refractivity contribution is 5.85. The molecule has 10 heavy (non-hydrogen) atoms. The molecule has 62 valence electrons. The van der Waals surface area contributed by atoms with Crippen molar-refractivity contribution < 1.29 is 8.78 Å². The Kier molecular flexibility index (Phi) is 2.65. The Balaban J connectivity index is 0.000000810. The maximum atomic E-state index is 12.4. The molecule has 0 aromatic rings. The van der Waals surface area contributed by atoms with E-state index >= 15 is 0 Å². The van der Waals surface area contributed by atoms with Crippen LogP contribution in [0.1, 0.15) is 20.3 Å². The van der Waals surface area contributed by atoms with Crippen molar-refractivity contribution in [2.75, 3.05) is 6.54 Å². The Morgan fingerprint density at radius 3 is 1.90 bits per heavy atom. The molecule has 1 fully saturated rings. The van der Waals surface area contributed by atoms with Crippen LogP contribution in [0, 0.1) is 0 Å². The van der Waals surface area contributed by atoms with Crippen LogP contribution in [0.25, 0.3) is 0 Å². The van der Waals surface area contributed by atoms with Gasteiger partial charge in [-0.15, -0.1) is 12.4 Å². The van der Waals surface area contributed by atoms with Crippen LogP contribution in [0.3, 0.4) is 0 Å². The molecule has 1 aliphatic rings. The molecule has 1 N–H and O–H groups in total. The summed E-state index contributed by atoms with van der Waals surface area (Å²) >= 11 is 0. The fourth-order valence-electron chi connectivity index (χ4n) is 1.14. The van der Waals surface area contributed by atoms with E-state index in [-0.39, 0.29) is 30.9 Å². The number of rotatable bonds is 0. The first-order valence-electron chi connectivity index (χ1n) is 3.04. The predicted molar refractivity (Wildman–Crippen MR) is 38.9 cm³/mol. The molecule has 0 bridgehead atoms. The van der Waals surface area contributed by atoms with Crippen LogP contribution >= 0.6 is 12.4 Å². The van der Waals surface area contributed by atoms with Gasteiger partial charge in [0.2, 0.25) is 0 Å². The normalized spacial score (nSPS) is 27.6. The number of nitrogens with one attached hydrogen (secondary N) is 1. The van der Waals surface area contributed by atoms with E-state index in [9.17, 15) is 8.78 Å². The first kappa shape index (κ1) is 10.1. The minimum Gasteiger partial charge on any atom is -0.306 e. The first-order valence-corrected chi connectivity index (χ1v) is 3.04. The second kappa shape index (κ2) is 2.62. The molecule has 0 saturated carbocycles. The lowest BCUT2D eigenvalue weighted by Crippen LogP contribution is -2.31. The molecule has 0 amide bonds. The van der Waals surface area contributed by atoms with E-state index in [4.69, 9.17) is 0 Å². The average molecular weight is 172 g/mol. The molecule has 1 heterocycles. The van der Waals surface area contributed by atoms with Crippen LogP contribution in [0.5, 0.6) is 0 Å². The lowest BCUT2D eigenvalue weighted by molar-refractivity contribution is 0.0177. The summed E-state index contributed by atoms with van der Waals surface area (Å²) in [5, 5.41) is 2.74. The van der Waals surface area contributed by atoms with E-state index in [0.29, 0.717) is 0 Å². The van der Waals surface area contributed by atoms with E-state index in [0.717, 1.165) is 0 Å². The van der Waals surface area contributed by atoms with Crippen LogP contribution in [0.15, 0.2) is 0 Å². The third-order valence-electron chi connectivity index (χ3n) is 1.53. The largest absolute Gasteiger partial charge is 0.306 e. The summed E-state index contributed by atoms with van der Waals surface area (Å²) in [7, 11) is 0. The van der Waals surface area contributed by atoms with Crippen molar-refractivity contribution in [2.24, 2.45) is 0 Å². The van der Waals surface area contributed by atoms with Crippen LogP contribution in [0.2, 0.25) is 0 Å². The van der Waals surface area contributed by atoms with Gasteiger partial charge >= 0.3 is 0 Å². The lowest BCUT2D eigenvalue weighted by Gasteiger charge is -2.15. The topological polar surface area (TPSA) is 12.0 Å². The van der Waals surface area contributed by atoms with E-state index in [1.54, 1.807) is 13.8 Å². The molecular weight excluding hydrogens is 160 g/mol. The van der Waals surface area contributed by atoms with Crippen molar-refractivity contribution in [1.82, 2.24) is 5.32 Å². The fraction of sp³-hybridized carbons (Fsp3) is 1.00. The Labute approximate surface area is 65.6 Å². The van der Waals surface area contributed by atoms with Gasteiger partial charge in [-0.2, -0.15) is 0 Å². The molecule has 1 saturated heterocycles. The third-order valence-corrected chi connectivity index (χ3v) is 1.53. The molecule has 0 unspecified atom stereocenters. The Hall–Kier alpha value is 0.110. The predicted octanol–water partition coefficient (Wildman–Crippen LogP) is 1.82. The standard InChI is InChI=1S/C6H11F2N.ClH/c1-5(2)3-6(7,8)4-9-5;/h9H,3-4H2,1-2H3;1H. The number of hydrogen-bond donors (Lipinski definition) is 1. The quantitative estimate of drug-likeness (QED) is 0.586. The molecule has 0 spiro atoms. The molecule has 0 radical (unpaired) electrons. The zero-order valence-corrected chi connectivity index (χ0v) is 6.89. The van der Waals surface area contributed by atoms with Gasteiger partial charge in [0.1, 0.15) is 0 Å². The summed E-state index contributed by atoms with van der Waals surface area (Å²) in [6.07, 6.45) is -0.0417. The summed E-state index contributed by atoms with van der Waals surface area (Å²) in [4.78, 5) is 0. The van der Waals surface area contributed by atoms with E-state index in [2.05, 4.69) is 5.32 Å². The third kappa shape index (κ3) is 2.39. The number of alkyl halides is 2. The summed E-state index contributed by atoms with van der Waals surface area (Å²) in [6.45, 7) is 3.40. The van der Waals surface area contributed by atoms with Crippen molar-refractivity contribution in [3.63, 3.8) is 0 Å². The number of halogens is 3. The SMILES string of the molecule is CC1(C)CC(F)(F)CN1.Cl. The minimum absolute atomic E-state index is 0. The Morgan fingerprint density at radius 2 is 1.80 bits per heavy atom. The van der Waals surface area contributed by atoms with Gasteiger partial charge in [-0.05, 0) is 13.8 Å². The Morgan fingerprint density at radius 1 is 1.30 bits per heavy atom. The van der Waals surface area contributed by atoms with Crippen molar-refractivity contribution in [3.8, 4) is 0 Å². The summed E-state index contributed by atoms with van der Waals surface area (Å²) in [6, 6.07) is 0. The van der Waals surface area contributed by atoms with Gasteiger partial charge in [0.05, 0.1) is 6.54 Å². The first-order chi connectivity index (χ1) is 3.91. The van der Waals surface area contributed by atoms with Gasteiger partial charge in [0.15, 0.2) is 0 Å². The molecule has 4 heteroatoms. The molecule has 0 aromatic heterocycles. The smallest absolute Gasteiger partial charge is 0.262 e. The number of hydrogen-bond acceptors (Lipinski definition) is 1. The van der Waals surface area contributed by atoms with Gasteiger partial charge < -0.3 is 5.32 Å². The molecule has 1 nitrogen and oxygen atoms in total. The highest BCUT2D eigenvalue weighted by Gasteiger charge is 2.43. The van der Waals surface area contributed by atoms with E-state index < -0.39 is 5.92 Å². The van der Waals surface area contributed by atoms with Crippen LogP contribution < -0.4 is 5.32 Å². The molecule has 0 atom stereocenters. The minimum atomic E-state index is -2.48. The highest BCUT2D eigenvalue weighted by atomic mass is 35.5. The van der Waals surface area contributed by atoms with Gasteiger partial charge in [-0.3, -0.25) is 0 Å². The fourth-order valence-corrected chi connectivity index (χ4v) is 1.14. The van der Waals surface area contributed by atoms with E-state index in [1.165, 1.54) is 0 Å². The summed E-state index contributed by atoms with van der Waals surface area (Å²) < 4.78 is 24.8. The van der Waals surface area contributed by atoms with Crippen molar-refractivity contribution in [3.05, 3.63) is 0 Å². The molecular formula is C6H12ClF2N. The monoisotopic (exact) mass is 171 g/mol. The second-order valence-corrected chi connectivity index (χ2v) is 3.27. The molecule has 1 rings (SSSR count). The molecule has 1 aliphatic heterocycles. The van der Waals surface area contributed by atoms with Crippen LogP contribution in [-0.4, -0.2) is 18.0 Å².